The standard InChI is InChI=1S/C9H19N3O3.H2O11.2H2O2/c13-7-5-11(6-8-14)3-4-12-2-1-10-9(12)15;1-3-5-7-9-11-10-8-6-4-2;2*1-2/h13-14H,1-8H2,(H,10,15);1-2H;2*1-2H. The molecule has 0 aromatic carbocycles. The summed E-state index contributed by atoms with van der Waals surface area (Å²) in [5.74, 6) is 0. The van der Waals surface area contributed by atoms with E-state index in [1.54, 1.807) is 4.90 Å². The van der Waals surface area contributed by atoms with E-state index in [4.69, 9.17) is 41.8 Å². The smallest absolute Gasteiger partial charge is 0.317 e. The van der Waals surface area contributed by atoms with Crippen molar-refractivity contribution in [2.45, 2.75) is 0 Å². The summed E-state index contributed by atoms with van der Waals surface area (Å²) in [6, 6.07) is -0.0250. The van der Waals surface area contributed by atoms with Gasteiger partial charge in [0.05, 0.1) is 13.2 Å². The lowest BCUT2D eigenvalue weighted by Gasteiger charge is -2.23. The molecule has 1 rings (SSSR count). The van der Waals surface area contributed by atoms with Gasteiger partial charge in [0, 0.05) is 39.3 Å². The third kappa shape index (κ3) is 22.8. The van der Waals surface area contributed by atoms with E-state index in [9.17, 15) is 4.79 Å². The van der Waals surface area contributed by atoms with E-state index in [2.05, 4.69) is 50.7 Å². The maximum absolute atomic E-state index is 11.2. The van der Waals surface area contributed by atoms with Gasteiger partial charge in [0.25, 0.3) is 0 Å². The van der Waals surface area contributed by atoms with Gasteiger partial charge in [0.1, 0.15) is 0 Å². The average molecular weight is 463 g/mol. The molecule has 0 saturated carbocycles. The third-order valence-electron chi connectivity index (χ3n) is 2.69. The van der Waals surface area contributed by atoms with E-state index < -0.39 is 0 Å². The molecule has 9 N–H and O–H groups in total. The summed E-state index contributed by atoms with van der Waals surface area (Å²) in [5, 5.41) is 87.8. The number of hydrogen-bond donors (Lipinski definition) is 9. The first-order chi connectivity index (χ1) is 14.7. The quantitative estimate of drug-likeness (QED) is 0.0703. The Morgan fingerprint density at radius 3 is 1.57 bits per heavy atom. The normalized spacial score (nSPS) is 12.3. The molecule has 1 fully saturated rings. The van der Waals surface area contributed by atoms with Crippen molar-refractivity contribution in [3.63, 3.8) is 0 Å². The first kappa shape index (κ1) is 33.2. The van der Waals surface area contributed by atoms with Gasteiger partial charge < -0.3 is 20.4 Å². The second-order valence-electron chi connectivity index (χ2n) is 4.13. The molecule has 0 aromatic heterocycles. The summed E-state index contributed by atoms with van der Waals surface area (Å²) < 4.78 is 0. The van der Waals surface area contributed by atoms with Gasteiger partial charge in [-0.1, -0.05) is 0 Å². The number of amides is 2. The number of nitrogens with one attached hydrogen (secondary N) is 1. The van der Waals surface area contributed by atoms with Crippen LogP contribution >= 0.6 is 0 Å². The molecular formula is C9H25N3O18. The zero-order valence-corrected chi connectivity index (χ0v) is 15.2. The van der Waals surface area contributed by atoms with Gasteiger partial charge in [-0.2, -0.15) is 0 Å². The van der Waals surface area contributed by atoms with Gasteiger partial charge in [0.2, 0.25) is 0 Å². The number of rotatable bonds is 15. The van der Waals surface area contributed by atoms with Crippen molar-refractivity contribution in [1.82, 2.24) is 15.1 Å². The lowest BCUT2D eigenvalue weighted by Crippen LogP contribution is -2.39. The van der Waals surface area contributed by atoms with Crippen LogP contribution in [0.3, 0.4) is 0 Å². The SMILES string of the molecule is O=C1NCCN1CCN(CCO)CCO.OO.OO.OOOOOOOOOOO. The first-order valence-electron chi connectivity index (χ1n) is 7.34. The van der Waals surface area contributed by atoms with Gasteiger partial charge in [-0.25, -0.2) is 15.3 Å². The monoisotopic (exact) mass is 463 g/mol. The Morgan fingerprint density at radius 1 is 0.800 bits per heavy atom. The number of nitrogens with zero attached hydrogens (tertiary/aromatic N) is 2. The number of aliphatic hydroxyl groups is 2. The van der Waals surface area contributed by atoms with Gasteiger partial charge in [-0.3, -0.25) is 25.9 Å². The van der Waals surface area contributed by atoms with Crippen molar-refractivity contribution in [2.24, 2.45) is 0 Å². The molecule has 0 radical (unpaired) electrons. The molecule has 0 atom stereocenters. The predicted molar refractivity (Wildman–Crippen MR) is 81.1 cm³/mol. The van der Waals surface area contributed by atoms with Gasteiger partial charge in [-0.15, -0.1) is 0 Å². The van der Waals surface area contributed by atoms with E-state index in [-0.39, 0.29) is 19.2 Å². The lowest BCUT2D eigenvalue weighted by atomic mass is 10.4. The molecule has 1 aliphatic heterocycles. The molecule has 1 heterocycles. The summed E-state index contributed by atoms with van der Waals surface area (Å²) in [7, 11) is 0. The summed E-state index contributed by atoms with van der Waals surface area (Å²) in [5.41, 5.74) is 0. The minimum atomic E-state index is -0.0250. The highest BCUT2D eigenvalue weighted by molar-refractivity contribution is 5.76. The third-order valence-corrected chi connectivity index (χ3v) is 2.69. The Balaban J connectivity index is -0.000000431. The van der Waals surface area contributed by atoms with Crippen molar-refractivity contribution < 1.29 is 91.9 Å². The van der Waals surface area contributed by atoms with Crippen LogP contribution in [-0.2, 0) is 45.3 Å². The van der Waals surface area contributed by atoms with Crippen LogP contribution < -0.4 is 5.32 Å². The molecule has 1 saturated heterocycles. The molecule has 30 heavy (non-hydrogen) atoms. The summed E-state index contributed by atoms with van der Waals surface area (Å²) in [6.45, 7) is 4.01. The van der Waals surface area contributed by atoms with E-state index in [1.807, 2.05) is 4.90 Å². The van der Waals surface area contributed by atoms with Crippen molar-refractivity contribution in [3.8, 4) is 0 Å². The summed E-state index contributed by atoms with van der Waals surface area (Å²) in [4.78, 5) is 14.9. The zero-order valence-electron chi connectivity index (χ0n) is 15.2. The molecular weight excluding hydrogens is 438 g/mol. The Labute approximate surface area is 166 Å². The van der Waals surface area contributed by atoms with Crippen LogP contribution in [-0.4, -0.2) is 110 Å². The fourth-order valence-electron chi connectivity index (χ4n) is 1.69. The number of carbonyl (C=O) groups excluding carboxylic acids is 1. The second kappa shape index (κ2) is 29.7. The van der Waals surface area contributed by atoms with Crippen molar-refractivity contribution in [1.29, 1.82) is 0 Å². The number of aliphatic hydroxyl groups excluding tert-OH is 2. The molecule has 2 amide bonds. The number of urea groups is 1. The van der Waals surface area contributed by atoms with Crippen LogP contribution in [0.2, 0.25) is 0 Å². The first-order valence-corrected chi connectivity index (χ1v) is 7.34. The Hall–Kier alpha value is -1.45. The van der Waals surface area contributed by atoms with Crippen LogP contribution in [0.15, 0.2) is 0 Å². The highest BCUT2D eigenvalue weighted by atomic mass is 17.9. The fraction of sp³-hybridized carbons (Fsp3) is 0.889. The summed E-state index contributed by atoms with van der Waals surface area (Å²) >= 11 is 0. The molecule has 0 aliphatic carbocycles. The second-order valence-corrected chi connectivity index (χ2v) is 4.13. The van der Waals surface area contributed by atoms with E-state index >= 15 is 0 Å². The van der Waals surface area contributed by atoms with Crippen LogP contribution in [0.4, 0.5) is 4.79 Å². The molecule has 184 valence electrons. The van der Waals surface area contributed by atoms with E-state index in [0.717, 1.165) is 6.54 Å². The minimum Gasteiger partial charge on any atom is -0.395 e. The topological polar surface area (TPSA) is 280 Å². The van der Waals surface area contributed by atoms with Crippen molar-refractivity contribution >= 4 is 6.03 Å². The van der Waals surface area contributed by atoms with Gasteiger partial charge in [0.15, 0.2) is 0 Å². The molecule has 0 aromatic rings. The van der Waals surface area contributed by atoms with Crippen LogP contribution in [0.1, 0.15) is 0 Å². The highest BCUT2D eigenvalue weighted by Gasteiger charge is 2.19. The predicted octanol–water partition coefficient (Wildman–Crippen LogP) is -2.27. The number of carbonyl (C=O) groups is 1. The van der Waals surface area contributed by atoms with Crippen LogP contribution in [0.25, 0.3) is 0 Å². The lowest BCUT2D eigenvalue weighted by molar-refractivity contribution is -0.853. The Bertz CT molecular complexity index is 315. The molecule has 0 unspecified atom stereocenters. The number of hydrogen-bond acceptors (Lipinski definition) is 19. The van der Waals surface area contributed by atoms with E-state index in [0.29, 0.717) is 32.7 Å². The van der Waals surface area contributed by atoms with E-state index in [1.165, 1.54) is 0 Å². The average Bonchev–Trinajstić information content (AvgIpc) is 3.20. The largest absolute Gasteiger partial charge is 0.395 e. The maximum Gasteiger partial charge on any atom is 0.317 e. The van der Waals surface area contributed by atoms with Crippen LogP contribution in [0, 0.1) is 0 Å². The van der Waals surface area contributed by atoms with Crippen molar-refractivity contribution in [2.75, 3.05) is 52.5 Å². The zero-order chi connectivity index (χ0) is 23.5. The minimum absolute atomic E-state index is 0.0250. The van der Waals surface area contributed by atoms with Gasteiger partial charge in [-0.05, 0) is 45.3 Å². The molecule has 21 heteroatoms. The fourth-order valence-corrected chi connectivity index (χ4v) is 1.69. The molecule has 1 aliphatic rings. The Morgan fingerprint density at radius 2 is 1.23 bits per heavy atom. The maximum atomic E-state index is 11.2. The van der Waals surface area contributed by atoms with Crippen molar-refractivity contribution in [3.05, 3.63) is 0 Å². The molecule has 21 nitrogen and oxygen atoms in total. The summed E-state index contributed by atoms with van der Waals surface area (Å²) in [6.07, 6.45) is 0. The molecule has 0 spiro atoms. The molecule has 0 bridgehead atoms. The Kier molecular flexibility index (Phi) is 32.9. The van der Waals surface area contributed by atoms with Gasteiger partial charge >= 0.3 is 6.03 Å². The highest BCUT2D eigenvalue weighted by Crippen LogP contribution is 1.97. The van der Waals surface area contributed by atoms with Crippen LogP contribution in [0.5, 0.6) is 0 Å².